The number of ether oxygens (including phenoxy) is 1. The SMILES string of the molecule is O=C(CCCC(=O)NC1CCCCCC1)NCCCOc1ccc(-c2ccc(CC(=O)NCc3ccccc3)nc2)cc1. The zero-order valence-electron chi connectivity index (χ0n) is 25.0. The first-order valence-corrected chi connectivity index (χ1v) is 15.6. The molecule has 1 saturated carbocycles. The molecule has 1 aromatic heterocycles. The van der Waals surface area contributed by atoms with Gasteiger partial charge in [0.15, 0.2) is 0 Å². The van der Waals surface area contributed by atoms with E-state index in [2.05, 4.69) is 20.9 Å². The molecule has 8 heteroatoms. The average Bonchev–Trinajstić information content (AvgIpc) is 3.30. The van der Waals surface area contributed by atoms with Gasteiger partial charge in [-0.1, -0.05) is 74.2 Å². The number of hydrogen-bond donors (Lipinski definition) is 3. The van der Waals surface area contributed by atoms with Gasteiger partial charge in [0.25, 0.3) is 0 Å². The topological polar surface area (TPSA) is 109 Å². The number of benzene rings is 2. The van der Waals surface area contributed by atoms with Crippen molar-refractivity contribution in [3.05, 3.63) is 84.2 Å². The van der Waals surface area contributed by atoms with Crippen LogP contribution in [0.5, 0.6) is 5.75 Å². The molecule has 1 fully saturated rings. The number of nitrogens with one attached hydrogen (secondary N) is 3. The summed E-state index contributed by atoms with van der Waals surface area (Å²) in [4.78, 5) is 41.0. The molecule has 0 radical (unpaired) electrons. The Morgan fingerprint density at radius 2 is 1.47 bits per heavy atom. The van der Waals surface area contributed by atoms with Crippen LogP contribution in [-0.4, -0.2) is 41.9 Å². The van der Waals surface area contributed by atoms with Crippen molar-refractivity contribution < 1.29 is 19.1 Å². The summed E-state index contributed by atoms with van der Waals surface area (Å²) in [7, 11) is 0. The molecule has 1 aliphatic rings. The summed E-state index contributed by atoms with van der Waals surface area (Å²) in [5, 5.41) is 8.97. The summed E-state index contributed by atoms with van der Waals surface area (Å²) >= 11 is 0. The van der Waals surface area contributed by atoms with Crippen LogP contribution in [0.3, 0.4) is 0 Å². The minimum absolute atomic E-state index is 0.0286. The molecule has 0 bridgehead atoms. The molecule has 8 nitrogen and oxygen atoms in total. The van der Waals surface area contributed by atoms with Crippen molar-refractivity contribution in [2.75, 3.05) is 13.2 Å². The number of amides is 3. The van der Waals surface area contributed by atoms with Crippen LogP contribution in [-0.2, 0) is 27.3 Å². The number of pyridine rings is 1. The van der Waals surface area contributed by atoms with E-state index in [-0.39, 0.29) is 24.1 Å². The maximum Gasteiger partial charge on any atom is 0.226 e. The van der Waals surface area contributed by atoms with Gasteiger partial charge in [-0.25, -0.2) is 0 Å². The molecule has 3 amide bonds. The van der Waals surface area contributed by atoms with Crippen molar-refractivity contribution in [1.82, 2.24) is 20.9 Å². The van der Waals surface area contributed by atoms with Gasteiger partial charge in [0.05, 0.1) is 13.0 Å². The predicted molar refractivity (Wildman–Crippen MR) is 168 cm³/mol. The summed E-state index contributed by atoms with van der Waals surface area (Å²) < 4.78 is 5.83. The fourth-order valence-electron chi connectivity index (χ4n) is 5.18. The molecule has 0 saturated heterocycles. The van der Waals surface area contributed by atoms with Gasteiger partial charge in [0.2, 0.25) is 17.7 Å². The molecule has 2 aromatic carbocycles. The van der Waals surface area contributed by atoms with Gasteiger partial charge in [-0.3, -0.25) is 19.4 Å². The van der Waals surface area contributed by atoms with E-state index in [1.165, 1.54) is 25.7 Å². The first kappa shape index (κ1) is 31.7. The summed E-state index contributed by atoms with van der Waals surface area (Å²) in [6.07, 6.45) is 11.1. The first-order valence-electron chi connectivity index (χ1n) is 15.6. The zero-order valence-corrected chi connectivity index (χ0v) is 25.0. The van der Waals surface area contributed by atoms with Gasteiger partial charge in [0.1, 0.15) is 5.75 Å². The summed E-state index contributed by atoms with van der Waals surface area (Å²) in [6, 6.07) is 21.8. The molecule has 3 aromatic rings. The second kappa shape index (κ2) is 17.7. The van der Waals surface area contributed by atoms with Gasteiger partial charge < -0.3 is 20.7 Å². The summed E-state index contributed by atoms with van der Waals surface area (Å²) in [6.45, 7) is 1.53. The van der Waals surface area contributed by atoms with Crippen molar-refractivity contribution in [3.8, 4) is 16.9 Å². The van der Waals surface area contributed by atoms with Gasteiger partial charge in [-0.15, -0.1) is 0 Å². The largest absolute Gasteiger partial charge is 0.494 e. The van der Waals surface area contributed by atoms with Crippen LogP contribution < -0.4 is 20.7 Å². The third-order valence-corrected chi connectivity index (χ3v) is 7.63. The van der Waals surface area contributed by atoms with E-state index in [1.54, 1.807) is 6.20 Å². The van der Waals surface area contributed by atoms with Gasteiger partial charge in [0, 0.05) is 49.4 Å². The van der Waals surface area contributed by atoms with Crippen molar-refractivity contribution in [3.63, 3.8) is 0 Å². The maximum atomic E-state index is 12.3. The number of rotatable bonds is 15. The minimum Gasteiger partial charge on any atom is -0.494 e. The average molecular weight is 585 g/mol. The Bertz CT molecular complexity index is 1270. The highest BCUT2D eigenvalue weighted by molar-refractivity contribution is 5.79. The smallest absolute Gasteiger partial charge is 0.226 e. The van der Waals surface area contributed by atoms with Gasteiger partial charge >= 0.3 is 0 Å². The van der Waals surface area contributed by atoms with Crippen molar-refractivity contribution in [1.29, 1.82) is 0 Å². The lowest BCUT2D eigenvalue weighted by molar-refractivity contribution is -0.123. The monoisotopic (exact) mass is 584 g/mol. The zero-order chi connectivity index (χ0) is 30.1. The molecule has 0 unspecified atom stereocenters. The van der Waals surface area contributed by atoms with E-state index < -0.39 is 0 Å². The fraction of sp³-hybridized carbons (Fsp3) is 0.429. The Labute approximate surface area is 255 Å². The van der Waals surface area contributed by atoms with E-state index in [0.29, 0.717) is 51.4 Å². The molecule has 43 heavy (non-hydrogen) atoms. The molecular weight excluding hydrogens is 540 g/mol. The molecular formula is C35H44N4O4. The van der Waals surface area contributed by atoms with Crippen LogP contribution in [0.4, 0.5) is 0 Å². The number of aromatic nitrogens is 1. The number of hydrogen-bond acceptors (Lipinski definition) is 5. The van der Waals surface area contributed by atoms with Crippen LogP contribution in [0, 0.1) is 0 Å². The lowest BCUT2D eigenvalue weighted by Gasteiger charge is -2.16. The Kier molecular flexibility index (Phi) is 13.1. The van der Waals surface area contributed by atoms with Gasteiger partial charge in [-0.05, 0) is 55.0 Å². The third-order valence-electron chi connectivity index (χ3n) is 7.63. The lowest BCUT2D eigenvalue weighted by Crippen LogP contribution is -2.34. The van der Waals surface area contributed by atoms with Crippen LogP contribution in [0.25, 0.3) is 11.1 Å². The van der Waals surface area contributed by atoms with Crippen LogP contribution in [0.2, 0.25) is 0 Å². The molecule has 0 spiro atoms. The molecule has 0 atom stereocenters. The summed E-state index contributed by atoms with van der Waals surface area (Å²) in [5.41, 5.74) is 3.75. The third kappa shape index (κ3) is 11.9. The van der Waals surface area contributed by atoms with Crippen molar-refractivity contribution in [2.24, 2.45) is 0 Å². The number of carbonyl (C=O) groups is 3. The minimum atomic E-state index is -0.0606. The van der Waals surface area contributed by atoms with Crippen LogP contribution in [0.15, 0.2) is 72.9 Å². The molecule has 0 aliphatic heterocycles. The highest BCUT2D eigenvalue weighted by Gasteiger charge is 2.15. The molecule has 1 aliphatic carbocycles. The number of nitrogens with zero attached hydrogens (tertiary/aromatic N) is 1. The van der Waals surface area contributed by atoms with Crippen LogP contribution in [0.1, 0.15) is 75.5 Å². The second-order valence-electron chi connectivity index (χ2n) is 11.2. The summed E-state index contributed by atoms with van der Waals surface area (Å²) in [5.74, 6) is 0.731. The molecule has 3 N–H and O–H groups in total. The Morgan fingerprint density at radius 1 is 0.744 bits per heavy atom. The van der Waals surface area contributed by atoms with Crippen molar-refractivity contribution in [2.45, 2.75) is 83.2 Å². The standard InChI is InChI=1S/C35H44N4O4/c40-33(14-8-15-34(41)39-30-12-6-1-2-7-13-30)36-22-9-23-43-32-20-17-28(18-21-32)29-16-19-31(37-26-29)24-35(42)38-25-27-10-4-3-5-11-27/h3-5,10-11,16-21,26,30H,1-2,6-9,12-15,22-25H2,(H,36,40)(H,38,42)(H,39,41). The first-order chi connectivity index (χ1) is 21.0. The fourth-order valence-corrected chi connectivity index (χ4v) is 5.18. The normalized spacial score (nSPS) is 13.5. The highest BCUT2D eigenvalue weighted by Crippen LogP contribution is 2.22. The Morgan fingerprint density at radius 3 is 2.19 bits per heavy atom. The van der Waals surface area contributed by atoms with E-state index in [1.807, 2.05) is 66.7 Å². The van der Waals surface area contributed by atoms with Crippen molar-refractivity contribution >= 4 is 17.7 Å². The number of carbonyl (C=O) groups excluding carboxylic acids is 3. The predicted octanol–water partition coefficient (Wildman–Crippen LogP) is 5.50. The molecule has 228 valence electrons. The lowest BCUT2D eigenvalue weighted by atomic mass is 10.1. The Balaban J connectivity index is 1.06. The van der Waals surface area contributed by atoms with E-state index in [0.717, 1.165) is 41.0 Å². The highest BCUT2D eigenvalue weighted by atomic mass is 16.5. The van der Waals surface area contributed by atoms with Crippen LogP contribution >= 0.6 is 0 Å². The van der Waals surface area contributed by atoms with Gasteiger partial charge in [-0.2, -0.15) is 0 Å². The quantitative estimate of drug-likeness (QED) is 0.161. The van der Waals surface area contributed by atoms with E-state index in [9.17, 15) is 14.4 Å². The molecule has 4 rings (SSSR count). The van der Waals surface area contributed by atoms with E-state index >= 15 is 0 Å². The van der Waals surface area contributed by atoms with E-state index in [4.69, 9.17) is 4.74 Å². The Hall–Kier alpha value is -4.20. The second-order valence-corrected chi connectivity index (χ2v) is 11.2. The maximum absolute atomic E-state index is 12.3. The molecule has 1 heterocycles.